The Hall–Kier alpha value is -3.02. The molecule has 1 heterocycles. The highest BCUT2D eigenvalue weighted by atomic mass is 16.5. The van der Waals surface area contributed by atoms with Gasteiger partial charge in [-0.2, -0.15) is 5.10 Å². The Morgan fingerprint density at radius 1 is 1.19 bits per heavy atom. The van der Waals surface area contributed by atoms with Gasteiger partial charge in [-0.25, -0.2) is 5.01 Å². The van der Waals surface area contributed by atoms with Gasteiger partial charge in [-0.1, -0.05) is 25.1 Å². The molecule has 0 saturated carbocycles. The molecule has 1 atom stereocenters. The van der Waals surface area contributed by atoms with Gasteiger partial charge in [-0.05, 0) is 30.7 Å². The van der Waals surface area contributed by atoms with Gasteiger partial charge in [0.05, 0.1) is 26.0 Å². The number of hydrazone groups is 1. The Morgan fingerprint density at radius 3 is 2.59 bits per heavy atom. The molecule has 6 heteroatoms. The van der Waals surface area contributed by atoms with Crippen molar-refractivity contribution in [2.24, 2.45) is 5.10 Å². The molecule has 27 heavy (non-hydrogen) atoms. The van der Waals surface area contributed by atoms with Gasteiger partial charge >= 0.3 is 0 Å². The van der Waals surface area contributed by atoms with Crippen molar-refractivity contribution in [2.75, 3.05) is 14.2 Å². The van der Waals surface area contributed by atoms with Crippen molar-refractivity contribution in [1.29, 1.82) is 0 Å². The summed E-state index contributed by atoms with van der Waals surface area (Å²) < 4.78 is 10.7. The van der Waals surface area contributed by atoms with E-state index in [-0.39, 0.29) is 17.7 Å². The van der Waals surface area contributed by atoms with Crippen molar-refractivity contribution in [3.63, 3.8) is 0 Å². The fourth-order valence-corrected chi connectivity index (χ4v) is 3.27. The van der Waals surface area contributed by atoms with Crippen LogP contribution in [0.3, 0.4) is 0 Å². The Kier molecular flexibility index (Phi) is 5.64. The van der Waals surface area contributed by atoms with Gasteiger partial charge in [0.1, 0.15) is 5.75 Å². The highest BCUT2D eigenvalue weighted by molar-refractivity contribution is 6.03. The monoisotopic (exact) mass is 368 g/mol. The van der Waals surface area contributed by atoms with Crippen molar-refractivity contribution < 1.29 is 19.4 Å². The normalized spacial score (nSPS) is 16.2. The van der Waals surface area contributed by atoms with Gasteiger partial charge in [0.15, 0.2) is 11.5 Å². The van der Waals surface area contributed by atoms with Gasteiger partial charge < -0.3 is 14.6 Å². The number of aromatic hydroxyl groups is 1. The number of phenols is 1. The lowest BCUT2D eigenvalue weighted by Gasteiger charge is -2.22. The maximum atomic E-state index is 12.6. The van der Waals surface area contributed by atoms with Crippen LogP contribution in [-0.4, -0.2) is 36.0 Å². The number of methoxy groups -OCH3 is 2. The molecule has 3 rings (SSSR count). The number of hydrogen-bond donors (Lipinski definition) is 1. The predicted molar refractivity (Wildman–Crippen MR) is 103 cm³/mol. The van der Waals surface area contributed by atoms with Crippen molar-refractivity contribution in [2.45, 2.75) is 32.2 Å². The molecule has 2 aromatic carbocycles. The van der Waals surface area contributed by atoms with Crippen LogP contribution in [-0.2, 0) is 4.79 Å². The summed E-state index contributed by atoms with van der Waals surface area (Å²) in [6.07, 6.45) is 1.67. The molecule has 1 N–H and O–H groups in total. The lowest BCUT2D eigenvalue weighted by atomic mass is 9.97. The number of phenolic OH excluding ortho intramolecular Hbond substituents is 1. The molecule has 0 saturated heterocycles. The van der Waals surface area contributed by atoms with Crippen LogP contribution in [0.5, 0.6) is 17.2 Å². The third-order valence-electron chi connectivity index (χ3n) is 4.64. The number of amides is 1. The maximum Gasteiger partial charge on any atom is 0.243 e. The van der Waals surface area contributed by atoms with Crippen LogP contribution in [0.25, 0.3) is 0 Å². The summed E-state index contributed by atoms with van der Waals surface area (Å²) in [5, 5.41) is 16.4. The first-order chi connectivity index (χ1) is 13.1. The second-order valence-electron chi connectivity index (χ2n) is 6.38. The Morgan fingerprint density at radius 2 is 1.93 bits per heavy atom. The SMILES string of the molecule is CCCC(=O)N1N=C(c2ccc(OC)c(OC)c2)C[C@@H]1c1ccccc1O. The first kappa shape index (κ1) is 18.8. The molecule has 0 spiro atoms. The molecule has 142 valence electrons. The van der Waals surface area contributed by atoms with E-state index in [1.54, 1.807) is 26.4 Å². The minimum atomic E-state index is -0.326. The van der Waals surface area contributed by atoms with Crippen LogP contribution in [0.4, 0.5) is 0 Å². The number of rotatable bonds is 6. The second-order valence-corrected chi connectivity index (χ2v) is 6.38. The van der Waals surface area contributed by atoms with Crippen LogP contribution >= 0.6 is 0 Å². The van der Waals surface area contributed by atoms with Gasteiger partial charge in [0.25, 0.3) is 0 Å². The molecule has 0 radical (unpaired) electrons. The Bertz CT molecular complexity index is 863. The molecule has 0 unspecified atom stereocenters. The lowest BCUT2D eigenvalue weighted by molar-refractivity contribution is -0.133. The summed E-state index contributed by atoms with van der Waals surface area (Å²) in [6, 6.07) is 12.3. The zero-order valence-corrected chi connectivity index (χ0v) is 15.8. The van der Waals surface area contributed by atoms with E-state index in [0.29, 0.717) is 29.9 Å². The number of para-hydroxylation sites is 1. The molecule has 1 aliphatic rings. The van der Waals surface area contributed by atoms with E-state index in [4.69, 9.17) is 9.47 Å². The minimum Gasteiger partial charge on any atom is -0.508 e. The summed E-state index contributed by atoms with van der Waals surface area (Å²) in [7, 11) is 3.17. The minimum absolute atomic E-state index is 0.0544. The van der Waals surface area contributed by atoms with Crippen LogP contribution in [0.15, 0.2) is 47.6 Å². The van der Waals surface area contributed by atoms with Crippen molar-refractivity contribution in [3.05, 3.63) is 53.6 Å². The zero-order valence-electron chi connectivity index (χ0n) is 15.8. The van der Waals surface area contributed by atoms with E-state index in [1.165, 1.54) is 5.01 Å². The number of carbonyl (C=O) groups is 1. The van der Waals surface area contributed by atoms with E-state index in [1.807, 2.05) is 37.3 Å². The first-order valence-corrected chi connectivity index (χ1v) is 8.98. The molecule has 0 bridgehead atoms. The summed E-state index contributed by atoms with van der Waals surface area (Å²) >= 11 is 0. The molecule has 0 aromatic heterocycles. The number of ether oxygens (including phenoxy) is 2. The number of hydrogen-bond acceptors (Lipinski definition) is 5. The van der Waals surface area contributed by atoms with Gasteiger partial charge in [0, 0.05) is 24.0 Å². The number of nitrogens with zero attached hydrogens (tertiary/aromatic N) is 2. The third kappa shape index (κ3) is 3.74. The largest absolute Gasteiger partial charge is 0.508 e. The van der Waals surface area contributed by atoms with Gasteiger partial charge in [-0.15, -0.1) is 0 Å². The number of carbonyl (C=O) groups excluding carboxylic acids is 1. The fraction of sp³-hybridized carbons (Fsp3) is 0.333. The van der Waals surface area contributed by atoms with E-state index >= 15 is 0 Å². The smallest absolute Gasteiger partial charge is 0.243 e. The fourth-order valence-electron chi connectivity index (χ4n) is 3.27. The number of benzene rings is 2. The molecule has 1 amide bonds. The van der Waals surface area contributed by atoms with E-state index in [0.717, 1.165) is 17.7 Å². The highest BCUT2D eigenvalue weighted by Gasteiger charge is 2.34. The zero-order chi connectivity index (χ0) is 19.4. The quantitative estimate of drug-likeness (QED) is 0.840. The van der Waals surface area contributed by atoms with Crippen LogP contribution < -0.4 is 9.47 Å². The molecule has 0 fully saturated rings. The molecule has 2 aromatic rings. The average Bonchev–Trinajstić information content (AvgIpc) is 3.13. The second kappa shape index (κ2) is 8.12. The first-order valence-electron chi connectivity index (χ1n) is 8.98. The van der Waals surface area contributed by atoms with Crippen molar-refractivity contribution in [1.82, 2.24) is 5.01 Å². The summed E-state index contributed by atoms with van der Waals surface area (Å²) in [5.41, 5.74) is 2.33. The average molecular weight is 368 g/mol. The molecular weight excluding hydrogens is 344 g/mol. The summed E-state index contributed by atoms with van der Waals surface area (Å²) in [5.74, 6) is 1.35. The maximum absolute atomic E-state index is 12.6. The third-order valence-corrected chi connectivity index (χ3v) is 4.64. The standard InChI is InChI=1S/C21H24N2O4/c1-4-7-21(25)23-17(15-8-5-6-9-18(15)24)13-16(22-23)14-10-11-19(26-2)20(12-14)27-3/h5-6,8-12,17,24H,4,7,13H2,1-3H3/t17-/m1/s1. The summed E-state index contributed by atoms with van der Waals surface area (Å²) in [4.78, 5) is 12.6. The topological polar surface area (TPSA) is 71.4 Å². The van der Waals surface area contributed by atoms with Crippen LogP contribution in [0, 0.1) is 0 Å². The van der Waals surface area contributed by atoms with Gasteiger partial charge in [0.2, 0.25) is 5.91 Å². The summed E-state index contributed by atoms with van der Waals surface area (Å²) in [6.45, 7) is 1.96. The highest BCUT2D eigenvalue weighted by Crippen LogP contribution is 2.38. The lowest BCUT2D eigenvalue weighted by Crippen LogP contribution is -2.26. The molecule has 6 nitrogen and oxygen atoms in total. The molecule has 0 aliphatic carbocycles. The molecule has 1 aliphatic heterocycles. The van der Waals surface area contributed by atoms with E-state index in [2.05, 4.69) is 5.10 Å². The van der Waals surface area contributed by atoms with E-state index < -0.39 is 0 Å². The van der Waals surface area contributed by atoms with Gasteiger partial charge in [-0.3, -0.25) is 4.79 Å². The molecular formula is C21H24N2O4. The Balaban J connectivity index is 1.98. The predicted octanol–water partition coefficient (Wildman–Crippen LogP) is 3.89. The Labute approximate surface area is 159 Å². The van der Waals surface area contributed by atoms with Crippen LogP contribution in [0.2, 0.25) is 0 Å². The van der Waals surface area contributed by atoms with Crippen molar-refractivity contribution >= 4 is 11.6 Å². The van der Waals surface area contributed by atoms with E-state index in [9.17, 15) is 9.90 Å². The van der Waals surface area contributed by atoms with Crippen molar-refractivity contribution in [3.8, 4) is 17.2 Å². The van der Waals surface area contributed by atoms with Crippen LogP contribution in [0.1, 0.15) is 43.4 Å².